The lowest BCUT2D eigenvalue weighted by molar-refractivity contribution is 0.173. The summed E-state index contributed by atoms with van der Waals surface area (Å²) in [4.78, 5) is 14.6. The second-order valence-electron chi connectivity index (χ2n) is 8.77. The Morgan fingerprint density at radius 2 is 2.03 bits per heavy atom. The van der Waals surface area contributed by atoms with Crippen molar-refractivity contribution in [2.45, 2.75) is 70.4 Å². The van der Waals surface area contributed by atoms with E-state index in [9.17, 15) is 0 Å². The van der Waals surface area contributed by atoms with Crippen molar-refractivity contribution in [3.05, 3.63) is 52.7 Å². The average molecular weight is 421 g/mol. The van der Waals surface area contributed by atoms with E-state index in [1.165, 1.54) is 71.2 Å². The number of likely N-dealkylation sites (N-methyl/N-ethyl adjacent to an activating group) is 1. The largest absolute Gasteiger partial charge is 0.367 e. The van der Waals surface area contributed by atoms with Crippen LogP contribution in [0.2, 0.25) is 0 Å². The third-order valence-electron chi connectivity index (χ3n) is 6.92. The molecule has 0 aromatic carbocycles. The van der Waals surface area contributed by atoms with Gasteiger partial charge in [0.2, 0.25) is 0 Å². The fourth-order valence-corrected chi connectivity index (χ4v) is 6.52. The van der Waals surface area contributed by atoms with Crippen LogP contribution in [0.4, 0.5) is 5.82 Å². The van der Waals surface area contributed by atoms with Gasteiger partial charge in [0.1, 0.15) is 17.0 Å². The highest BCUT2D eigenvalue weighted by molar-refractivity contribution is 7.19. The number of aryl methyl sites for hydroxylation is 2. The molecule has 1 N–H and O–H groups in total. The summed E-state index contributed by atoms with van der Waals surface area (Å²) in [6, 6.07) is 1.21. The molecule has 5 heteroatoms. The molecule has 3 aliphatic rings. The summed E-state index contributed by atoms with van der Waals surface area (Å²) in [5.74, 6) is 1.08. The van der Waals surface area contributed by atoms with Gasteiger partial charge >= 0.3 is 0 Å². The predicted octanol–water partition coefficient (Wildman–Crippen LogP) is 5.67. The van der Waals surface area contributed by atoms with E-state index in [4.69, 9.17) is 0 Å². The van der Waals surface area contributed by atoms with Crippen molar-refractivity contribution in [1.82, 2.24) is 14.9 Å². The van der Waals surface area contributed by atoms with Gasteiger partial charge in [0.25, 0.3) is 0 Å². The van der Waals surface area contributed by atoms with Crippen molar-refractivity contribution in [2.75, 3.05) is 18.4 Å². The zero-order valence-electron chi connectivity index (χ0n) is 17.9. The number of fused-ring (bicyclic) bond motifs is 3. The summed E-state index contributed by atoms with van der Waals surface area (Å²) in [5, 5.41) is 5.13. The molecule has 2 aromatic heterocycles. The number of nitrogens with zero attached hydrogens (tertiary/aromatic N) is 3. The van der Waals surface area contributed by atoms with Gasteiger partial charge in [-0.15, -0.1) is 11.3 Å². The SMILES string of the molecule is CCN(CC1=CCC=CC=C1)C1CCC(Nc2ncnc3sc4c(c23)CCC4)CC1. The lowest BCUT2D eigenvalue weighted by atomic mass is 9.89. The van der Waals surface area contributed by atoms with Gasteiger partial charge in [-0.1, -0.05) is 37.3 Å². The molecule has 158 valence electrons. The first kappa shape index (κ1) is 20.0. The maximum absolute atomic E-state index is 4.66. The third kappa shape index (κ3) is 4.10. The van der Waals surface area contributed by atoms with Crippen molar-refractivity contribution >= 4 is 27.4 Å². The van der Waals surface area contributed by atoms with E-state index in [1.807, 2.05) is 11.3 Å². The second kappa shape index (κ2) is 9.03. The number of thiophene rings is 1. The van der Waals surface area contributed by atoms with Gasteiger partial charge in [0.15, 0.2) is 0 Å². The van der Waals surface area contributed by atoms with Crippen molar-refractivity contribution in [3.63, 3.8) is 0 Å². The molecule has 30 heavy (non-hydrogen) atoms. The fourth-order valence-electron chi connectivity index (χ4n) is 5.29. The molecule has 0 spiro atoms. The first-order chi connectivity index (χ1) is 14.8. The molecule has 4 nitrogen and oxygen atoms in total. The zero-order chi connectivity index (χ0) is 20.3. The second-order valence-corrected chi connectivity index (χ2v) is 9.86. The molecule has 5 rings (SSSR count). The standard InChI is InChI=1S/C25H32N4S/c1-2-29(16-18-8-5-3-4-6-9-18)20-14-12-19(13-15-20)28-24-23-21-10-7-11-22(21)30-25(23)27-17-26-24/h3-5,8-9,17,19-20H,2,6-7,10-16H2,1H3,(H,26,27,28). The summed E-state index contributed by atoms with van der Waals surface area (Å²) in [7, 11) is 0. The molecule has 3 aliphatic carbocycles. The molecule has 0 aliphatic heterocycles. The summed E-state index contributed by atoms with van der Waals surface area (Å²) in [5.41, 5.74) is 2.97. The topological polar surface area (TPSA) is 41.0 Å². The summed E-state index contributed by atoms with van der Waals surface area (Å²) >= 11 is 1.87. The summed E-state index contributed by atoms with van der Waals surface area (Å²) in [6.45, 7) is 4.50. The number of aromatic nitrogens is 2. The molecule has 0 radical (unpaired) electrons. The van der Waals surface area contributed by atoms with Crippen molar-refractivity contribution in [1.29, 1.82) is 0 Å². The highest BCUT2D eigenvalue weighted by Gasteiger charge is 2.27. The minimum absolute atomic E-state index is 0.524. The van der Waals surface area contributed by atoms with Crippen LogP contribution in [0.1, 0.15) is 55.9 Å². The van der Waals surface area contributed by atoms with Gasteiger partial charge in [-0.25, -0.2) is 9.97 Å². The molecule has 0 atom stereocenters. The van der Waals surface area contributed by atoms with Crippen LogP contribution in [0.25, 0.3) is 10.2 Å². The Morgan fingerprint density at radius 1 is 1.13 bits per heavy atom. The molecule has 2 aromatic rings. The van der Waals surface area contributed by atoms with E-state index < -0.39 is 0 Å². The molecule has 2 heterocycles. The van der Waals surface area contributed by atoms with Gasteiger partial charge < -0.3 is 5.32 Å². The van der Waals surface area contributed by atoms with Crippen molar-refractivity contribution in [3.8, 4) is 0 Å². The smallest absolute Gasteiger partial charge is 0.138 e. The molecular formula is C25H32N4S. The number of nitrogens with one attached hydrogen (secondary N) is 1. The van der Waals surface area contributed by atoms with E-state index in [-0.39, 0.29) is 0 Å². The van der Waals surface area contributed by atoms with Crippen LogP contribution in [-0.2, 0) is 12.8 Å². The Kier molecular flexibility index (Phi) is 6.00. The normalized spacial score (nSPS) is 23.6. The van der Waals surface area contributed by atoms with Crippen LogP contribution in [0.3, 0.4) is 0 Å². The van der Waals surface area contributed by atoms with Crippen LogP contribution >= 0.6 is 11.3 Å². The molecule has 0 saturated heterocycles. The Balaban J connectivity index is 1.22. The molecule has 1 fully saturated rings. The van der Waals surface area contributed by atoms with Gasteiger partial charge in [0, 0.05) is 23.5 Å². The maximum Gasteiger partial charge on any atom is 0.138 e. The molecule has 0 bridgehead atoms. The van der Waals surface area contributed by atoms with E-state index in [2.05, 4.69) is 57.5 Å². The van der Waals surface area contributed by atoms with Crippen molar-refractivity contribution < 1.29 is 0 Å². The third-order valence-corrected chi connectivity index (χ3v) is 8.12. The van der Waals surface area contributed by atoms with Crippen LogP contribution in [0.15, 0.2) is 42.3 Å². The number of hydrogen-bond donors (Lipinski definition) is 1. The first-order valence-electron chi connectivity index (χ1n) is 11.6. The average Bonchev–Trinajstić information content (AvgIpc) is 3.26. The molecular weight excluding hydrogens is 388 g/mol. The molecule has 0 amide bonds. The summed E-state index contributed by atoms with van der Waals surface area (Å²) in [6.07, 6.45) is 22.6. The van der Waals surface area contributed by atoms with Crippen LogP contribution in [0, 0.1) is 0 Å². The highest BCUT2D eigenvalue weighted by atomic mass is 32.1. The van der Waals surface area contributed by atoms with Gasteiger partial charge in [-0.2, -0.15) is 0 Å². The Morgan fingerprint density at radius 3 is 2.90 bits per heavy atom. The Bertz CT molecular complexity index is 978. The minimum atomic E-state index is 0.524. The Labute approximate surface area is 183 Å². The quantitative estimate of drug-likeness (QED) is 0.654. The number of allylic oxidation sites excluding steroid dienone is 4. The fraction of sp³-hybridized carbons (Fsp3) is 0.520. The van der Waals surface area contributed by atoms with Crippen LogP contribution in [0.5, 0.6) is 0 Å². The number of anilines is 1. The van der Waals surface area contributed by atoms with Crippen LogP contribution in [-0.4, -0.2) is 40.0 Å². The number of rotatable bonds is 6. The van der Waals surface area contributed by atoms with E-state index in [0.717, 1.165) is 25.3 Å². The van der Waals surface area contributed by atoms with E-state index in [0.29, 0.717) is 12.1 Å². The Hall–Kier alpha value is -1.98. The van der Waals surface area contributed by atoms with Gasteiger partial charge in [-0.05, 0) is 69.0 Å². The maximum atomic E-state index is 4.66. The van der Waals surface area contributed by atoms with E-state index >= 15 is 0 Å². The monoisotopic (exact) mass is 420 g/mol. The first-order valence-corrected chi connectivity index (χ1v) is 12.4. The summed E-state index contributed by atoms with van der Waals surface area (Å²) < 4.78 is 0. The highest BCUT2D eigenvalue weighted by Crippen LogP contribution is 2.39. The lowest BCUT2D eigenvalue weighted by Crippen LogP contribution is -2.41. The zero-order valence-corrected chi connectivity index (χ0v) is 18.8. The van der Waals surface area contributed by atoms with Gasteiger partial charge in [0.05, 0.1) is 5.39 Å². The van der Waals surface area contributed by atoms with Crippen LogP contribution < -0.4 is 5.32 Å². The molecule has 1 saturated carbocycles. The van der Waals surface area contributed by atoms with Crippen molar-refractivity contribution in [2.24, 2.45) is 0 Å². The predicted molar refractivity (Wildman–Crippen MR) is 127 cm³/mol. The molecule has 0 unspecified atom stereocenters. The number of hydrogen-bond acceptors (Lipinski definition) is 5. The van der Waals surface area contributed by atoms with E-state index in [1.54, 1.807) is 6.33 Å². The van der Waals surface area contributed by atoms with Gasteiger partial charge in [-0.3, -0.25) is 4.90 Å². The minimum Gasteiger partial charge on any atom is -0.367 e. The lowest BCUT2D eigenvalue weighted by Gasteiger charge is -2.37.